The average Bonchev–Trinajstić information content (AvgIpc) is 2.65. The van der Waals surface area contributed by atoms with Gasteiger partial charge in [0.2, 0.25) is 0 Å². The minimum atomic E-state index is 0.754. The summed E-state index contributed by atoms with van der Waals surface area (Å²) in [5, 5.41) is 3.57. The molecular formula is C23H21NO. The van der Waals surface area contributed by atoms with Crippen LogP contribution in [0.15, 0.2) is 66.7 Å². The smallest absolute Gasteiger partial charge is 0.119 e. The van der Waals surface area contributed by atoms with E-state index in [0.29, 0.717) is 0 Å². The lowest BCUT2D eigenvalue weighted by molar-refractivity contribution is 0.318. The van der Waals surface area contributed by atoms with Crippen LogP contribution in [0.1, 0.15) is 18.9 Å². The van der Waals surface area contributed by atoms with Gasteiger partial charge in [-0.25, -0.2) is 4.98 Å². The van der Waals surface area contributed by atoms with Crippen molar-refractivity contribution in [2.45, 2.75) is 20.3 Å². The van der Waals surface area contributed by atoms with Crippen LogP contribution in [0.25, 0.3) is 32.9 Å². The summed E-state index contributed by atoms with van der Waals surface area (Å²) in [5.74, 6) is 0.932. The monoisotopic (exact) mass is 327 g/mol. The first kappa shape index (κ1) is 15.6. The molecule has 0 saturated heterocycles. The number of fused-ring (bicyclic) bond motifs is 2. The van der Waals surface area contributed by atoms with Crippen molar-refractivity contribution in [2.24, 2.45) is 0 Å². The minimum absolute atomic E-state index is 0.754. The van der Waals surface area contributed by atoms with E-state index in [-0.39, 0.29) is 0 Å². The standard InChI is InChI=1S/C23H21NO/c1-3-12-25-21-9-7-17-14-20(6-5-18(17)15-21)23-11-8-19-13-16(2)4-10-22(19)24-23/h4-11,13-15H,3,12H2,1-2H3. The second-order valence-electron chi connectivity index (χ2n) is 6.46. The van der Waals surface area contributed by atoms with Crippen LogP contribution in [-0.4, -0.2) is 11.6 Å². The maximum Gasteiger partial charge on any atom is 0.119 e. The van der Waals surface area contributed by atoms with E-state index < -0.39 is 0 Å². The zero-order valence-corrected chi connectivity index (χ0v) is 14.6. The van der Waals surface area contributed by atoms with Crippen molar-refractivity contribution in [3.8, 4) is 17.0 Å². The van der Waals surface area contributed by atoms with E-state index in [2.05, 4.69) is 74.5 Å². The first-order valence-corrected chi connectivity index (χ1v) is 8.77. The number of ether oxygens (including phenoxy) is 1. The molecule has 0 N–H and O–H groups in total. The fourth-order valence-corrected chi connectivity index (χ4v) is 3.10. The maximum atomic E-state index is 5.72. The molecule has 124 valence electrons. The Morgan fingerprint density at radius 2 is 1.60 bits per heavy atom. The first-order chi connectivity index (χ1) is 12.2. The number of nitrogens with zero attached hydrogens (tertiary/aromatic N) is 1. The Labute approximate surface area is 148 Å². The number of hydrogen-bond acceptors (Lipinski definition) is 2. The second-order valence-corrected chi connectivity index (χ2v) is 6.46. The van der Waals surface area contributed by atoms with Crippen LogP contribution >= 0.6 is 0 Å². The lowest BCUT2D eigenvalue weighted by Crippen LogP contribution is -1.94. The molecule has 0 aliphatic rings. The summed E-state index contributed by atoms with van der Waals surface area (Å²) in [5.41, 5.74) is 4.43. The van der Waals surface area contributed by atoms with Crippen molar-refractivity contribution >= 4 is 21.7 Å². The lowest BCUT2D eigenvalue weighted by Gasteiger charge is -2.08. The maximum absolute atomic E-state index is 5.72. The van der Waals surface area contributed by atoms with Crippen LogP contribution < -0.4 is 4.74 Å². The molecule has 4 aromatic rings. The molecule has 0 radical (unpaired) electrons. The van der Waals surface area contributed by atoms with Gasteiger partial charge < -0.3 is 4.74 Å². The van der Waals surface area contributed by atoms with Crippen molar-refractivity contribution in [3.63, 3.8) is 0 Å². The van der Waals surface area contributed by atoms with E-state index in [4.69, 9.17) is 9.72 Å². The highest BCUT2D eigenvalue weighted by Gasteiger charge is 2.04. The van der Waals surface area contributed by atoms with Gasteiger partial charge in [-0.3, -0.25) is 0 Å². The molecule has 1 heterocycles. The molecule has 1 aromatic heterocycles. The Bertz CT molecular complexity index is 1050. The van der Waals surface area contributed by atoms with Crippen molar-refractivity contribution < 1.29 is 4.74 Å². The molecule has 2 heteroatoms. The molecule has 2 nitrogen and oxygen atoms in total. The van der Waals surface area contributed by atoms with E-state index in [0.717, 1.165) is 35.6 Å². The van der Waals surface area contributed by atoms with Gasteiger partial charge in [0.25, 0.3) is 0 Å². The fourth-order valence-electron chi connectivity index (χ4n) is 3.10. The van der Waals surface area contributed by atoms with E-state index in [1.165, 1.54) is 21.7 Å². The van der Waals surface area contributed by atoms with Crippen LogP contribution in [0, 0.1) is 6.92 Å². The Morgan fingerprint density at radius 1 is 0.800 bits per heavy atom. The van der Waals surface area contributed by atoms with Crippen molar-refractivity contribution in [1.29, 1.82) is 0 Å². The molecule has 0 saturated carbocycles. The third kappa shape index (κ3) is 3.20. The van der Waals surface area contributed by atoms with Crippen LogP contribution in [-0.2, 0) is 0 Å². The summed E-state index contributed by atoms with van der Waals surface area (Å²) in [6.07, 6.45) is 1.02. The zero-order chi connectivity index (χ0) is 17.2. The number of aryl methyl sites for hydroxylation is 1. The molecule has 4 rings (SSSR count). The number of pyridine rings is 1. The largest absolute Gasteiger partial charge is 0.494 e. The number of aromatic nitrogens is 1. The summed E-state index contributed by atoms with van der Waals surface area (Å²) in [6, 6.07) is 23.4. The lowest BCUT2D eigenvalue weighted by atomic mass is 10.0. The molecule has 0 bridgehead atoms. The Kier molecular flexibility index (Phi) is 4.10. The molecule has 0 amide bonds. The van der Waals surface area contributed by atoms with Gasteiger partial charge in [-0.2, -0.15) is 0 Å². The van der Waals surface area contributed by atoms with Crippen LogP contribution in [0.2, 0.25) is 0 Å². The highest BCUT2D eigenvalue weighted by Crippen LogP contribution is 2.27. The van der Waals surface area contributed by atoms with Crippen molar-refractivity contribution in [1.82, 2.24) is 4.98 Å². The second kappa shape index (κ2) is 6.56. The predicted molar refractivity (Wildman–Crippen MR) is 105 cm³/mol. The van der Waals surface area contributed by atoms with Gasteiger partial charge in [0.1, 0.15) is 5.75 Å². The number of benzene rings is 3. The summed E-state index contributed by atoms with van der Waals surface area (Å²) in [4.78, 5) is 4.83. The molecule has 0 atom stereocenters. The van der Waals surface area contributed by atoms with E-state index in [1.54, 1.807) is 0 Å². The topological polar surface area (TPSA) is 22.1 Å². The number of rotatable bonds is 4. The van der Waals surface area contributed by atoms with Crippen molar-refractivity contribution in [2.75, 3.05) is 6.61 Å². The van der Waals surface area contributed by atoms with Crippen LogP contribution in [0.3, 0.4) is 0 Å². The Hall–Kier alpha value is -2.87. The highest BCUT2D eigenvalue weighted by molar-refractivity contribution is 5.89. The molecule has 0 aliphatic carbocycles. The van der Waals surface area contributed by atoms with E-state index >= 15 is 0 Å². The summed E-state index contributed by atoms with van der Waals surface area (Å²) >= 11 is 0. The molecule has 0 aliphatic heterocycles. The van der Waals surface area contributed by atoms with Gasteiger partial charge in [-0.05, 0) is 60.5 Å². The van der Waals surface area contributed by atoms with Gasteiger partial charge in [-0.1, -0.05) is 42.8 Å². The SMILES string of the molecule is CCCOc1ccc2cc(-c3ccc4cc(C)ccc4n3)ccc2c1. The van der Waals surface area contributed by atoms with Crippen molar-refractivity contribution in [3.05, 3.63) is 72.3 Å². The van der Waals surface area contributed by atoms with Gasteiger partial charge in [0.05, 0.1) is 17.8 Å². The van der Waals surface area contributed by atoms with Crippen LogP contribution in [0.4, 0.5) is 0 Å². The zero-order valence-electron chi connectivity index (χ0n) is 14.6. The third-order valence-electron chi connectivity index (χ3n) is 4.43. The normalized spacial score (nSPS) is 11.1. The Morgan fingerprint density at radius 3 is 2.48 bits per heavy atom. The molecule has 3 aromatic carbocycles. The fraction of sp³-hybridized carbons (Fsp3) is 0.174. The van der Waals surface area contributed by atoms with Gasteiger partial charge in [-0.15, -0.1) is 0 Å². The number of hydrogen-bond donors (Lipinski definition) is 0. The summed E-state index contributed by atoms with van der Waals surface area (Å²) in [7, 11) is 0. The Balaban J connectivity index is 1.72. The molecular weight excluding hydrogens is 306 g/mol. The molecule has 0 spiro atoms. The summed E-state index contributed by atoms with van der Waals surface area (Å²) in [6.45, 7) is 4.98. The van der Waals surface area contributed by atoms with E-state index in [9.17, 15) is 0 Å². The van der Waals surface area contributed by atoms with Crippen LogP contribution in [0.5, 0.6) is 5.75 Å². The quantitative estimate of drug-likeness (QED) is 0.448. The van der Waals surface area contributed by atoms with Gasteiger partial charge in [0, 0.05) is 10.9 Å². The van der Waals surface area contributed by atoms with E-state index in [1.807, 2.05) is 6.07 Å². The van der Waals surface area contributed by atoms with Gasteiger partial charge in [0.15, 0.2) is 0 Å². The molecule has 25 heavy (non-hydrogen) atoms. The predicted octanol–water partition coefficient (Wildman–Crippen LogP) is 6.15. The van der Waals surface area contributed by atoms with Gasteiger partial charge >= 0.3 is 0 Å². The highest BCUT2D eigenvalue weighted by atomic mass is 16.5. The molecule has 0 unspecified atom stereocenters. The minimum Gasteiger partial charge on any atom is -0.494 e. The third-order valence-corrected chi connectivity index (χ3v) is 4.43. The first-order valence-electron chi connectivity index (χ1n) is 8.77. The average molecular weight is 327 g/mol. The molecule has 0 fully saturated rings. The summed E-state index contributed by atoms with van der Waals surface area (Å²) < 4.78 is 5.72.